The molecule has 0 aliphatic carbocycles. The second kappa shape index (κ2) is 7.17. The van der Waals surface area contributed by atoms with Gasteiger partial charge in [-0.15, -0.1) is 0 Å². The monoisotopic (exact) mass is 332 g/mol. The van der Waals surface area contributed by atoms with Gasteiger partial charge in [-0.05, 0) is 32.4 Å². The third kappa shape index (κ3) is 3.67. The molecule has 1 aromatic rings. The number of carbonyl (C=O) groups excluding carboxylic acids is 1. The molecule has 3 rings (SSSR count). The molecule has 2 fully saturated rings. The van der Waals surface area contributed by atoms with E-state index in [4.69, 9.17) is 0 Å². The van der Waals surface area contributed by atoms with E-state index in [0.717, 1.165) is 25.1 Å². The summed E-state index contributed by atoms with van der Waals surface area (Å²) in [5, 5.41) is 14.3. The first-order chi connectivity index (χ1) is 11.5. The zero-order valence-corrected chi connectivity index (χ0v) is 14.0. The van der Waals surface area contributed by atoms with Crippen molar-refractivity contribution in [1.82, 2.24) is 10.2 Å². The highest BCUT2D eigenvalue weighted by Gasteiger charge is 2.30. The third-order valence-corrected chi connectivity index (χ3v) is 4.97. The summed E-state index contributed by atoms with van der Waals surface area (Å²) in [5.41, 5.74) is 0.960. The molecule has 2 heterocycles. The lowest BCUT2D eigenvalue weighted by atomic mass is 9.92. The number of nitro groups is 1. The van der Waals surface area contributed by atoms with Crippen LogP contribution in [-0.4, -0.2) is 54.5 Å². The Morgan fingerprint density at radius 2 is 2.04 bits per heavy atom. The molecule has 1 N–H and O–H groups in total. The van der Waals surface area contributed by atoms with Crippen LogP contribution in [-0.2, 0) is 4.79 Å². The normalized spacial score (nSPS) is 24.7. The number of anilines is 1. The van der Waals surface area contributed by atoms with Crippen molar-refractivity contribution in [2.75, 3.05) is 37.6 Å². The number of rotatable bonds is 3. The van der Waals surface area contributed by atoms with Crippen molar-refractivity contribution < 1.29 is 9.72 Å². The molecule has 0 saturated carbocycles. The van der Waals surface area contributed by atoms with Crippen LogP contribution in [0.1, 0.15) is 19.8 Å². The summed E-state index contributed by atoms with van der Waals surface area (Å²) in [4.78, 5) is 27.3. The van der Waals surface area contributed by atoms with Crippen LogP contribution in [0.5, 0.6) is 0 Å². The average molecular weight is 332 g/mol. The number of amides is 1. The molecule has 0 spiro atoms. The number of benzene rings is 1. The van der Waals surface area contributed by atoms with E-state index in [1.54, 1.807) is 12.1 Å². The van der Waals surface area contributed by atoms with E-state index < -0.39 is 0 Å². The summed E-state index contributed by atoms with van der Waals surface area (Å²) in [5.74, 6) is 0.396. The standard InChI is InChI=1S/C17H24N4O3/c1-13-11-14(5-6-18-13)17(22)20-9-7-19(8-10-20)15-3-2-4-16(12-15)21(23)24/h2-4,12-14,18H,5-11H2,1H3/t13-,14-/m0/s1. The molecular weight excluding hydrogens is 308 g/mol. The van der Waals surface area contributed by atoms with Gasteiger partial charge in [-0.25, -0.2) is 0 Å². The highest BCUT2D eigenvalue weighted by atomic mass is 16.6. The topological polar surface area (TPSA) is 78.7 Å². The number of nitrogens with one attached hydrogen (secondary N) is 1. The lowest BCUT2D eigenvalue weighted by molar-refractivity contribution is -0.384. The van der Waals surface area contributed by atoms with E-state index in [9.17, 15) is 14.9 Å². The summed E-state index contributed by atoms with van der Waals surface area (Å²) in [6.45, 7) is 5.82. The Hall–Kier alpha value is -2.15. The van der Waals surface area contributed by atoms with Crippen LogP contribution in [0.15, 0.2) is 24.3 Å². The van der Waals surface area contributed by atoms with Crippen molar-refractivity contribution in [3.8, 4) is 0 Å². The Kier molecular flexibility index (Phi) is 4.99. The Morgan fingerprint density at radius 3 is 2.71 bits per heavy atom. The zero-order chi connectivity index (χ0) is 17.1. The SMILES string of the molecule is C[C@H]1C[C@@H](C(=O)N2CCN(c3cccc([N+](=O)[O-])c3)CC2)CCN1. The van der Waals surface area contributed by atoms with Gasteiger partial charge in [0, 0.05) is 56.0 Å². The molecule has 0 bridgehead atoms. The van der Waals surface area contributed by atoms with Crippen LogP contribution in [0.4, 0.5) is 11.4 Å². The fourth-order valence-electron chi connectivity index (χ4n) is 3.60. The maximum atomic E-state index is 12.7. The minimum absolute atomic E-state index is 0.106. The summed E-state index contributed by atoms with van der Waals surface area (Å²) >= 11 is 0. The average Bonchev–Trinajstić information content (AvgIpc) is 2.61. The van der Waals surface area contributed by atoms with Crippen LogP contribution in [0.2, 0.25) is 0 Å². The third-order valence-electron chi connectivity index (χ3n) is 4.97. The molecule has 1 aromatic carbocycles. The lowest BCUT2D eigenvalue weighted by Gasteiger charge is -2.38. The minimum Gasteiger partial charge on any atom is -0.368 e. The van der Waals surface area contributed by atoms with Gasteiger partial charge in [-0.3, -0.25) is 14.9 Å². The predicted octanol–water partition coefficient (Wildman–Crippen LogP) is 1.63. The fraction of sp³-hybridized carbons (Fsp3) is 0.588. The number of hydrogen-bond donors (Lipinski definition) is 1. The number of piperidine rings is 1. The van der Waals surface area contributed by atoms with Gasteiger partial charge in [0.15, 0.2) is 0 Å². The minimum atomic E-state index is -0.373. The van der Waals surface area contributed by atoms with Gasteiger partial charge in [0.1, 0.15) is 0 Å². The number of piperazine rings is 1. The molecule has 0 aromatic heterocycles. The van der Waals surface area contributed by atoms with Gasteiger partial charge in [-0.2, -0.15) is 0 Å². The molecule has 130 valence electrons. The molecule has 2 saturated heterocycles. The van der Waals surface area contributed by atoms with Crippen molar-refractivity contribution in [2.45, 2.75) is 25.8 Å². The summed E-state index contributed by atoms with van der Waals surface area (Å²) in [7, 11) is 0. The van der Waals surface area contributed by atoms with Crippen LogP contribution in [0.3, 0.4) is 0 Å². The number of nitro benzene ring substituents is 1. The number of carbonyl (C=O) groups is 1. The van der Waals surface area contributed by atoms with E-state index in [0.29, 0.717) is 32.2 Å². The molecular formula is C17H24N4O3. The van der Waals surface area contributed by atoms with Gasteiger partial charge in [0.2, 0.25) is 5.91 Å². The molecule has 2 aliphatic heterocycles. The molecule has 0 unspecified atom stereocenters. The Balaban J connectivity index is 1.58. The molecule has 0 radical (unpaired) electrons. The second-order valence-electron chi connectivity index (χ2n) is 6.67. The van der Waals surface area contributed by atoms with Crippen LogP contribution in [0.25, 0.3) is 0 Å². The van der Waals surface area contributed by atoms with Crippen molar-refractivity contribution in [3.63, 3.8) is 0 Å². The predicted molar refractivity (Wildman–Crippen MR) is 92.1 cm³/mol. The van der Waals surface area contributed by atoms with Crippen molar-refractivity contribution in [3.05, 3.63) is 34.4 Å². The quantitative estimate of drug-likeness (QED) is 0.672. The van der Waals surface area contributed by atoms with Crippen LogP contribution >= 0.6 is 0 Å². The number of nitrogens with zero attached hydrogens (tertiary/aromatic N) is 3. The van der Waals surface area contributed by atoms with E-state index in [2.05, 4.69) is 17.1 Å². The Labute approximate surface area is 141 Å². The van der Waals surface area contributed by atoms with E-state index in [1.807, 2.05) is 11.0 Å². The van der Waals surface area contributed by atoms with Gasteiger partial charge >= 0.3 is 0 Å². The molecule has 24 heavy (non-hydrogen) atoms. The van der Waals surface area contributed by atoms with E-state index in [1.165, 1.54) is 6.07 Å². The first-order valence-electron chi connectivity index (χ1n) is 8.56. The van der Waals surface area contributed by atoms with E-state index in [-0.39, 0.29) is 22.4 Å². The fourth-order valence-corrected chi connectivity index (χ4v) is 3.60. The molecule has 7 nitrogen and oxygen atoms in total. The van der Waals surface area contributed by atoms with Gasteiger partial charge in [0.05, 0.1) is 4.92 Å². The first-order valence-corrected chi connectivity index (χ1v) is 8.56. The maximum absolute atomic E-state index is 12.7. The van der Waals surface area contributed by atoms with Crippen molar-refractivity contribution >= 4 is 17.3 Å². The molecule has 1 amide bonds. The van der Waals surface area contributed by atoms with Crippen molar-refractivity contribution in [1.29, 1.82) is 0 Å². The van der Waals surface area contributed by atoms with Gasteiger partial charge in [0.25, 0.3) is 5.69 Å². The van der Waals surface area contributed by atoms with Gasteiger partial charge in [-0.1, -0.05) is 6.07 Å². The first kappa shape index (κ1) is 16.7. The summed E-state index contributed by atoms with van der Waals surface area (Å²) in [6.07, 6.45) is 1.82. The van der Waals surface area contributed by atoms with Gasteiger partial charge < -0.3 is 15.1 Å². The largest absolute Gasteiger partial charge is 0.368 e. The molecule has 7 heteroatoms. The van der Waals surface area contributed by atoms with E-state index >= 15 is 0 Å². The Bertz CT molecular complexity index is 614. The molecule has 2 atom stereocenters. The highest BCUT2D eigenvalue weighted by Crippen LogP contribution is 2.24. The number of non-ortho nitro benzene ring substituents is 1. The lowest BCUT2D eigenvalue weighted by Crippen LogP contribution is -2.52. The second-order valence-corrected chi connectivity index (χ2v) is 6.67. The van der Waals surface area contributed by atoms with Crippen LogP contribution < -0.4 is 10.2 Å². The molecule has 2 aliphatic rings. The Morgan fingerprint density at radius 1 is 1.29 bits per heavy atom. The maximum Gasteiger partial charge on any atom is 0.271 e. The van der Waals surface area contributed by atoms with Crippen LogP contribution in [0, 0.1) is 16.0 Å². The summed E-state index contributed by atoms with van der Waals surface area (Å²) in [6, 6.07) is 7.10. The highest BCUT2D eigenvalue weighted by molar-refractivity contribution is 5.79. The van der Waals surface area contributed by atoms with Crippen molar-refractivity contribution in [2.24, 2.45) is 5.92 Å². The summed E-state index contributed by atoms with van der Waals surface area (Å²) < 4.78 is 0. The number of hydrogen-bond acceptors (Lipinski definition) is 5. The smallest absolute Gasteiger partial charge is 0.271 e. The zero-order valence-electron chi connectivity index (χ0n) is 14.0.